The standard InChI is InChI=1S/C44H35NO/c1-2-13-31(14-3-1)36-20-10-16-32-17-11-21-40(44(32)36)37-18-6-8-22-41(37)45(34-25-24-30-12-4-5-15-33(30)28-34)35-26-27-39-38-19-7-9-23-42(38)46-43(39)29-35/h4-12,15-29,31H,1-3,13-14H2. The van der Waals surface area contributed by atoms with E-state index in [9.17, 15) is 0 Å². The van der Waals surface area contributed by atoms with Crippen LogP contribution < -0.4 is 4.90 Å². The van der Waals surface area contributed by atoms with Crippen molar-refractivity contribution in [2.45, 2.75) is 38.0 Å². The lowest BCUT2D eigenvalue weighted by molar-refractivity contribution is 0.445. The van der Waals surface area contributed by atoms with Gasteiger partial charge in [-0.05, 0) is 87.8 Å². The van der Waals surface area contributed by atoms with Gasteiger partial charge in [-0.3, -0.25) is 0 Å². The largest absolute Gasteiger partial charge is 0.456 e. The molecule has 2 nitrogen and oxygen atoms in total. The molecule has 222 valence electrons. The van der Waals surface area contributed by atoms with Crippen molar-refractivity contribution in [2.75, 3.05) is 4.90 Å². The van der Waals surface area contributed by atoms with Crippen molar-refractivity contribution in [3.63, 3.8) is 0 Å². The maximum atomic E-state index is 6.41. The van der Waals surface area contributed by atoms with Crippen LogP contribution in [-0.2, 0) is 0 Å². The number of rotatable bonds is 5. The number of furan rings is 1. The first kappa shape index (κ1) is 27.0. The van der Waals surface area contributed by atoms with E-state index in [-0.39, 0.29) is 0 Å². The zero-order chi connectivity index (χ0) is 30.5. The first-order valence-electron chi connectivity index (χ1n) is 16.6. The molecule has 9 rings (SSSR count). The molecule has 1 saturated carbocycles. The van der Waals surface area contributed by atoms with E-state index in [1.807, 2.05) is 6.07 Å². The molecule has 0 aliphatic heterocycles. The van der Waals surface area contributed by atoms with Crippen LogP contribution in [0.1, 0.15) is 43.6 Å². The van der Waals surface area contributed by atoms with Crippen LogP contribution in [0.15, 0.2) is 150 Å². The summed E-state index contributed by atoms with van der Waals surface area (Å²) in [5.74, 6) is 0.609. The number of para-hydroxylation sites is 2. The van der Waals surface area contributed by atoms with Gasteiger partial charge in [0, 0.05) is 33.8 Å². The SMILES string of the molecule is c1ccc(N(c2ccc3ccccc3c2)c2ccc3c(c2)oc2ccccc23)c(-c2cccc3cccc(C4CCCCC4)c23)c1. The van der Waals surface area contributed by atoms with Crippen molar-refractivity contribution >= 4 is 60.5 Å². The van der Waals surface area contributed by atoms with Crippen LogP contribution in [0.5, 0.6) is 0 Å². The van der Waals surface area contributed by atoms with Crippen LogP contribution >= 0.6 is 0 Å². The Bertz CT molecular complexity index is 2370. The minimum atomic E-state index is 0.609. The first-order valence-corrected chi connectivity index (χ1v) is 16.6. The van der Waals surface area contributed by atoms with Gasteiger partial charge in [-0.1, -0.05) is 122 Å². The molecule has 7 aromatic carbocycles. The molecular formula is C44H35NO. The van der Waals surface area contributed by atoms with Gasteiger partial charge >= 0.3 is 0 Å². The average Bonchev–Trinajstić information content (AvgIpc) is 3.50. The molecule has 46 heavy (non-hydrogen) atoms. The van der Waals surface area contributed by atoms with Gasteiger partial charge in [0.15, 0.2) is 0 Å². The molecule has 1 aromatic heterocycles. The van der Waals surface area contributed by atoms with E-state index in [4.69, 9.17) is 4.42 Å². The Morgan fingerprint density at radius 2 is 1.15 bits per heavy atom. The maximum absolute atomic E-state index is 6.41. The van der Waals surface area contributed by atoms with Gasteiger partial charge in [0.2, 0.25) is 0 Å². The van der Waals surface area contributed by atoms with Crippen LogP contribution in [0, 0.1) is 0 Å². The fourth-order valence-electron chi connectivity index (χ4n) is 7.84. The number of hydrogen-bond donors (Lipinski definition) is 0. The number of anilines is 3. The Balaban J connectivity index is 1.29. The van der Waals surface area contributed by atoms with Crippen molar-refractivity contribution in [3.8, 4) is 11.1 Å². The number of nitrogens with zero attached hydrogens (tertiary/aromatic N) is 1. The lowest BCUT2D eigenvalue weighted by atomic mass is 9.80. The normalized spacial score (nSPS) is 14.0. The molecule has 0 atom stereocenters. The number of fused-ring (bicyclic) bond motifs is 5. The van der Waals surface area contributed by atoms with E-state index in [2.05, 4.69) is 144 Å². The highest BCUT2D eigenvalue weighted by molar-refractivity contribution is 6.07. The summed E-state index contributed by atoms with van der Waals surface area (Å²) in [7, 11) is 0. The zero-order valence-electron chi connectivity index (χ0n) is 25.8. The van der Waals surface area contributed by atoms with E-state index >= 15 is 0 Å². The van der Waals surface area contributed by atoms with Crippen molar-refractivity contribution in [2.24, 2.45) is 0 Å². The van der Waals surface area contributed by atoms with E-state index in [0.717, 1.165) is 39.0 Å². The molecule has 0 amide bonds. The Kier molecular flexibility index (Phi) is 6.59. The third-order valence-corrected chi connectivity index (χ3v) is 10.0. The van der Waals surface area contributed by atoms with E-state index in [1.54, 1.807) is 0 Å². The quantitative estimate of drug-likeness (QED) is 0.197. The van der Waals surface area contributed by atoms with Crippen molar-refractivity contribution < 1.29 is 4.42 Å². The van der Waals surface area contributed by atoms with Crippen molar-refractivity contribution in [1.29, 1.82) is 0 Å². The van der Waals surface area contributed by atoms with Gasteiger partial charge in [-0.2, -0.15) is 0 Å². The summed E-state index contributed by atoms with van der Waals surface area (Å²) in [6.07, 6.45) is 6.54. The molecule has 1 fully saturated rings. The molecule has 0 radical (unpaired) electrons. The van der Waals surface area contributed by atoms with E-state index < -0.39 is 0 Å². The van der Waals surface area contributed by atoms with Gasteiger partial charge < -0.3 is 9.32 Å². The topological polar surface area (TPSA) is 16.4 Å². The molecule has 1 heterocycles. The van der Waals surface area contributed by atoms with Crippen LogP contribution in [-0.4, -0.2) is 0 Å². The zero-order valence-corrected chi connectivity index (χ0v) is 25.8. The Hall–Kier alpha value is -5.34. The van der Waals surface area contributed by atoms with Crippen LogP contribution in [0.25, 0.3) is 54.6 Å². The predicted molar refractivity (Wildman–Crippen MR) is 195 cm³/mol. The molecule has 1 aliphatic rings. The lowest BCUT2D eigenvalue weighted by Gasteiger charge is -2.29. The molecule has 0 N–H and O–H groups in total. The fraction of sp³-hybridized carbons (Fsp3) is 0.136. The molecule has 0 saturated heterocycles. The predicted octanol–water partition coefficient (Wildman–Crippen LogP) is 13.1. The minimum absolute atomic E-state index is 0.609. The molecule has 0 spiro atoms. The second kappa shape index (κ2) is 11.2. The summed E-state index contributed by atoms with van der Waals surface area (Å²) in [6, 6.07) is 53.1. The summed E-state index contributed by atoms with van der Waals surface area (Å²) in [6.45, 7) is 0. The second-order valence-electron chi connectivity index (χ2n) is 12.7. The minimum Gasteiger partial charge on any atom is -0.456 e. The summed E-state index contributed by atoms with van der Waals surface area (Å²) in [5.41, 5.74) is 9.18. The van der Waals surface area contributed by atoms with Gasteiger partial charge in [0.25, 0.3) is 0 Å². The van der Waals surface area contributed by atoms with Gasteiger partial charge in [0.1, 0.15) is 11.2 Å². The van der Waals surface area contributed by atoms with Gasteiger partial charge in [-0.15, -0.1) is 0 Å². The van der Waals surface area contributed by atoms with Gasteiger partial charge in [-0.25, -0.2) is 0 Å². The first-order chi connectivity index (χ1) is 22.8. The number of benzene rings is 7. The van der Waals surface area contributed by atoms with Gasteiger partial charge in [0.05, 0.1) is 5.69 Å². The van der Waals surface area contributed by atoms with E-state index in [1.165, 1.54) is 70.3 Å². The summed E-state index contributed by atoms with van der Waals surface area (Å²) in [5, 5.41) is 7.45. The molecular weight excluding hydrogens is 558 g/mol. The summed E-state index contributed by atoms with van der Waals surface area (Å²) < 4.78 is 6.41. The summed E-state index contributed by atoms with van der Waals surface area (Å²) >= 11 is 0. The Morgan fingerprint density at radius 3 is 2.07 bits per heavy atom. The molecule has 2 heteroatoms. The second-order valence-corrected chi connectivity index (χ2v) is 12.7. The molecule has 8 aromatic rings. The summed E-state index contributed by atoms with van der Waals surface area (Å²) in [4.78, 5) is 2.41. The fourth-order valence-corrected chi connectivity index (χ4v) is 7.84. The third-order valence-electron chi connectivity index (χ3n) is 10.0. The Morgan fingerprint density at radius 1 is 0.478 bits per heavy atom. The van der Waals surface area contributed by atoms with Crippen LogP contribution in [0.4, 0.5) is 17.1 Å². The highest BCUT2D eigenvalue weighted by atomic mass is 16.3. The van der Waals surface area contributed by atoms with E-state index in [0.29, 0.717) is 5.92 Å². The van der Waals surface area contributed by atoms with Crippen LogP contribution in [0.3, 0.4) is 0 Å². The van der Waals surface area contributed by atoms with Crippen molar-refractivity contribution in [3.05, 3.63) is 151 Å². The average molecular weight is 594 g/mol. The molecule has 0 unspecified atom stereocenters. The van der Waals surface area contributed by atoms with Crippen LogP contribution in [0.2, 0.25) is 0 Å². The molecule has 0 bridgehead atoms. The monoisotopic (exact) mass is 593 g/mol. The highest BCUT2D eigenvalue weighted by Gasteiger charge is 2.23. The van der Waals surface area contributed by atoms with Crippen molar-refractivity contribution in [1.82, 2.24) is 0 Å². The molecule has 1 aliphatic carbocycles. The third kappa shape index (κ3) is 4.56. The smallest absolute Gasteiger partial charge is 0.137 e. The number of hydrogen-bond acceptors (Lipinski definition) is 2. The highest BCUT2D eigenvalue weighted by Crippen LogP contribution is 2.46. The Labute approximate surface area is 269 Å². The lowest BCUT2D eigenvalue weighted by Crippen LogP contribution is -2.11. The maximum Gasteiger partial charge on any atom is 0.137 e.